The molecule has 0 saturated carbocycles. The number of imide groups is 1. The van der Waals surface area contributed by atoms with Gasteiger partial charge in [-0.25, -0.2) is 0 Å². The van der Waals surface area contributed by atoms with Crippen LogP contribution in [0.25, 0.3) is 0 Å². The van der Waals surface area contributed by atoms with E-state index in [1.807, 2.05) is 0 Å². The third-order valence-corrected chi connectivity index (χ3v) is 3.76. The van der Waals surface area contributed by atoms with Gasteiger partial charge in [0.25, 0.3) is 5.91 Å². The number of carbonyl (C=O) groups excluding carboxylic acids is 4. The smallest absolute Gasteiger partial charge is 0.261 e. The summed E-state index contributed by atoms with van der Waals surface area (Å²) in [7, 11) is 0. The molecule has 7 nitrogen and oxygen atoms in total. The van der Waals surface area contributed by atoms with Gasteiger partial charge < -0.3 is 10.2 Å². The first-order valence-corrected chi connectivity index (χ1v) is 6.82. The molecule has 106 valence electrons. The van der Waals surface area contributed by atoms with Crippen LogP contribution >= 0.6 is 11.3 Å². The highest BCUT2D eigenvalue weighted by Gasteiger charge is 2.33. The second-order valence-electron chi connectivity index (χ2n) is 4.27. The molecular weight excluding hydrogens is 282 g/mol. The molecule has 1 aromatic heterocycles. The Hall–Kier alpha value is -2.22. The molecule has 2 heterocycles. The van der Waals surface area contributed by atoms with Crippen LogP contribution in [-0.4, -0.2) is 47.7 Å². The molecular formula is C12H13N3O4S. The van der Waals surface area contributed by atoms with Crippen molar-refractivity contribution in [3.05, 3.63) is 22.4 Å². The average molecular weight is 295 g/mol. The maximum absolute atomic E-state index is 12.0. The van der Waals surface area contributed by atoms with Crippen LogP contribution in [0.2, 0.25) is 0 Å². The molecule has 1 aliphatic rings. The number of hydrogen-bond donors (Lipinski definition) is 2. The van der Waals surface area contributed by atoms with E-state index in [0.29, 0.717) is 4.88 Å². The van der Waals surface area contributed by atoms with Gasteiger partial charge in [0.2, 0.25) is 17.7 Å². The minimum atomic E-state index is -0.723. The lowest BCUT2D eigenvalue weighted by Gasteiger charge is -2.31. The van der Waals surface area contributed by atoms with E-state index in [9.17, 15) is 19.2 Å². The highest BCUT2D eigenvalue weighted by atomic mass is 32.1. The molecule has 2 N–H and O–H groups in total. The molecule has 2 rings (SSSR count). The lowest BCUT2D eigenvalue weighted by atomic mass is 10.2. The summed E-state index contributed by atoms with van der Waals surface area (Å²) in [6.45, 7) is 1.10. The molecule has 4 amide bonds. The maximum Gasteiger partial charge on any atom is 0.261 e. The number of nitrogens with zero attached hydrogens (tertiary/aromatic N) is 1. The van der Waals surface area contributed by atoms with Gasteiger partial charge in [-0.15, -0.1) is 11.3 Å². The second-order valence-corrected chi connectivity index (χ2v) is 5.22. The van der Waals surface area contributed by atoms with E-state index in [2.05, 4.69) is 10.6 Å². The fourth-order valence-electron chi connectivity index (χ4n) is 1.77. The summed E-state index contributed by atoms with van der Waals surface area (Å²) in [5, 5.41) is 6.37. The molecule has 0 radical (unpaired) electrons. The Labute approximate surface area is 118 Å². The van der Waals surface area contributed by atoms with Crippen LogP contribution in [-0.2, 0) is 14.4 Å². The van der Waals surface area contributed by atoms with E-state index < -0.39 is 23.8 Å². The van der Waals surface area contributed by atoms with Crippen molar-refractivity contribution < 1.29 is 19.2 Å². The predicted octanol–water partition coefficient (Wildman–Crippen LogP) is -0.649. The lowest BCUT2D eigenvalue weighted by molar-refractivity contribution is -0.148. The molecule has 0 aliphatic carbocycles. The monoisotopic (exact) mass is 295 g/mol. The van der Waals surface area contributed by atoms with E-state index in [0.717, 1.165) is 4.90 Å². The topological polar surface area (TPSA) is 95.6 Å². The van der Waals surface area contributed by atoms with E-state index in [4.69, 9.17) is 0 Å². The molecule has 1 aliphatic heterocycles. The molecule has 1 atom stereocenters. The van der Waals surface area contributed by atoms with E-state index in [-0.39, 0.29) is 19.0 Å². The Morgan fingerprint density at radius 2 is 2.25 bits per heavy atom. The molecule has 1 unspecified atom stereocenters. The van der Waals surface area contributed by atoms with Gasteiger partial charge in [-0.2, -0.15) is 0 Å². The van der Waals surface area contributed by atoms with Gasteiger partial charge in [-0.05, 0) is 18.4 Å². The van der Waals surface area contributed by atoms with Crippen molar-refractivity contribution in [1.82, 2.24) is 15.5 Å². The summed E-state index contributed by atoms with van der Waals surface area (Å²) in [5.74, 6) is -1.86. The van der Waals surface area contributed by atoms with Crippen LogP contribution in [0.1, 0.15) is 16.6 Å². The Balaban J connectivity index is 1.93. The first-order chi connectivity index (χ1) is 9.49. The summed E-state index contributed by atoms with van der Waals surface area (Å²) >= 11 is 1.26. The molecule has 8 heteroatoms. The zero-order chi connectivity index (χ0) is 14.7. The normalized spacial score (nSPS) is 18.6. The summed E-state index contributed by atoms with van der Waals surface area (Å²) in [4.78, 5) is 48.0. The molecule has 0 aromatic carbocycles. The van der Waals surface area contributed by atoms with E-state index in [1.54, 1.807) is 17.5 Å². The van der Waals surface area contributed by atoms with Gasteiger partial charge in [0, 0.05) is 0 Å². The lowest BCUT2D eigenvalue weighted by Crippen LogP contribution is -2.60. The largest absolute Gasteiger partial charge is 0.342 e. The summed E-state index contributed by atoms with van der Waals surface area (Å²) < 4.78 is 0. The highest BCUT2D eigenvalue weighted by molar-refractivity contribution is 7.12. The Morgan fingerprint density at radius 1 is 1.50 bits per heavy atom. The fourth-order valence-corrected chi connectivity index (χ4v) is 2.41. The SMILES string of the molecule is CC1C(=O)NC(=O)CN1C(=O)CNC(=O)c1cccs1. The van der Waals surface area contributed by atoms with Crippen molar-refractivity contribution in [3.63, 3.8) is 0 Å². The van der Waals surface area contributed by atoms with Crippen molar-refractivity contribution in [2.75, 3.05) is 13.1 Å². The third-order valence-electron chi connectivity index (χ3n) is 2.89. The van der Waals surface area contributed by atoms with E-state index >= 15 is 0 Å². The minimum Gasteiger partial charge on any atom is -0.342 e. The number of carbonyl (C=O) groups is 4. The van der Waals surface area contributed by atoms with Crippen molar-refractivity contribution in [2.24, 2.45) is 0 Å². The Kier molecular flexibility index (Phi) is 4.14. The summed E-state index contributed by atoms with van der Waals surface area (Å²) in [5.41, 5.74) is 0. The fraction of sp³-hybridized carbons (Fsp3) is 0.333. The Morgan fingerprint density at radius 3 is 2.90 bits per heavy atom. The number of piperazine rings is 1. The van der Waals surface area contributed by atoms with Crippen molar-refractivity contribution in [2.45, 2.75) is 13.0 Å². The first-order valence-electron chi connectivity index (χ1n) is 5.94. The van der Waals surface area contributed by atoms with Gasteiger partial charge in [0.1, 0.15) is 12.6 Å². The zero-order valence-corrected chi connectivity index (χ0v) is 11.5. The molecule has 1 saturated heterocycles. The summed E-state index contributed by atoms with van der Waals surface area (Å²) in [6, 6.07) is 2.65. The van der Waals surface area contributed by atoms with Crippen molar-refractivity contribution in [1.29, 1.82) is 0 Å². The van der Waals surface area contributed by atoms with Crippen LogP contribution in [0.4, 0.5) is 0 Å². The maximum atomic E-state index is 12.0. The number of thiophene rings is 1. The predicted molar refractivity (Wildman–Crippen MR) is 71.0 cm³/mol. The van der Waals surface area contributed by atoms with Crippen LogP contribution in [0, 0.1) is 0 Å². The van der Waals surface area contributed by atoms with Crippen LogP contribution in [0.5, 0.6) is 0 Å². The first kappa shape index (κ1) is 14.2. The molecule has 20 heavy (non-hydrogen) atoms. The molecule has 1 aromatic rings. The molecule has 0 bridgehead atoms. The quantitative estimate of drug-likeness (QED) is 0.724. The summed E-state index contributed by atoms with van der Waals surface area (Å²) in [6.07, 6.45) is 0. The third kappa shape index (κ3) is 3.02. The standard InChI is InChI=1S/C12H13N3O4S/c1-7-11(18)14-9(16)6-15(7)10(17)5-13-12(19)8-3-2-4-20-8/h2-4,7H,5-6H2,1H3,(H,13,19)(H,14,16,18). The van der Waals surface area contributed by atoms with Gasteiger partial charge in [-0.1, -0.05) is 6.07 Å². The number of nitrogens with one attached hydrogen (secondary N) is 2. The number of rotatable bonds is 3. The zero-order valence-electron chi connectivity index (χ0n) is 10.7. The second kappa shape index (κ2) is 5.83. The molecule has 0 spiro atoms. The van der Waals surface area contributed by atoms with Gasteiger partial charge in [0.05, 0.1) is 11.4 Å². The van der Waals surface area contributed by atoms with Gasteiger partial charge in [-0.3, -0.25) is 24.5 Å². The van der Waals surface area contributed by atoms with E-state index in [1.165, 1.54) is 18.3 Å². The van der Waals surface area contributed by atoms with Crippen LogP contribution in [0.15, 0.2) is 17.5 Å². The average Bonchev–Trinajstić information content (AvgIpc) is 2.93. The van der Waals surface area contributed by atoms with Crippen molar-refractivity contribution >= 4 is 35.0 Å². The van der Waals surface area contributed by atoms with Crippen LogP contribution < -0.4 is 10.6 Å². The minimum absolute atomic E-state index is 0.180. The Bertz CT molecular complexity index is 555. The highest BCUT2D eigenvalue weighted by Crippen LogP contribution is 2.08. The van der Waals surface area contributed by atoms with Crippen molar-refractivity contribution in [3.8, 4) is 0 Å². The number of amides is 4. The van der Waals surface area contributed by atoms with Gasteiger partial charge >= 0.3 is 0 Å². The van der Waals surface area contributed by atoms with Gasteiger partial charge in [0.15, 0.2) is 0 Å². The van der Waals surface area contributed by atoms with Crippen LogP contribution in [0.3, 0.4) is 0 Å². The number of hydrogen-bond acceptors (Lipinski definition) is 5. The molecule has 1 fully saturated rings.